The molecule has 0 N–H and O–H groups in total. The Morgan fingerprint density at radius 3 is 2.00 bits per heavy atom. The Morgan fingerprint density at radius 2 is 1.70 bits per heavy atom. The number of hydrogen-bond acceptors (Lipinski definition) is 2. The molecule has 1 aliphatic rings. The Morgan fingerprint density at radius 1 is 1.17 bits per heavy atom. The summed E-state index contributed by atoms with van der Waals surface area (Å²) in [6.45, 7) is 7.40. The van der Waals surface area contributed by atoms with Crippen LogP contribution in [0.5, 0.6) is 0 Å². The Hall–Kier alpha value is -0.713. The SMILES string of the molecule is [CH-]1CCCCC1.[CH2-]C(C)OC(=O)c1ccc(CC)cc1.[CH3-].[CH3-].[Li+]. The van der Waals surface area contributed by atoms with Gasteiger partial charge in [-0.25, -0.2) is 4.79 Å². The Labute approximate surface area is 156 Å². The maximum absolute atomic E-state index is 11.4. The average molecular weight is 311 g/mol. The molecule has 1 aromatic rings. The van der Waals surface area contributed by atoms with Crippen molar-refractivity contribution in [3.8, 4) is 0 Å². The molecule has 1 aromatic carbocycles. The van der Waals surface area contributed by atoms with E-state index in [1.165, 1.54) is 37.7 Å². The van der Waals surface area contributed by atoms with Crippen LogP contribution >= 0.6 is 0 Å². The zero-order valence-electron chi connectivity index (χ0n) is 15.7. The van der Waals surface area contributed by atoms with E-state index in [4.69, 9.17) is 4.74 Å². The van der Waals surface area contributed by atoms with Crippen LogP contribution in [-0.2, 0) is 11.2 Å². The zero-order chi connectivity index (χ0) is 14.8. The molecule has 1 saturated carbocycles. The van der Waals surface area contributed by atoms with Gasteiger partial charge in [-0.2, -0.15) is 12.8 Å². The Bertz CT molecular complexity index is 370. The first-order valence-corrected chi connectivity index (χ1v) is 7.58. The molecule has 1 unspecified atom stereocenters. The molecular formula is C20H32LiO2-3. The average Bonchev–Trinajstić information content (AvgIpc) is 2.49. The van der Waals surface area contributed by atoms with Crippen molar-refractivity contribution in [1.82, 2.24) is 0 Å². The molecule has 0 spiro atoms. The van der Waals surface area contributed by atoms with Gasteiger partial charge >= 0.3 is 24.8 Å². The number of hydrogen-bond donors (Lipinski definition) is 0. The molecular weight excluding hydrogens is 279 g/mol. The number of esters is 1. The smallest absolute Gasteiger partial charge is 0.492 e. The number of carbonyl (C=O) groups is 1. The van der Waals surface area contributed by atoms with Gasteiger partial charge in [0.2, 0.25) is 0 Å². The molecule has 128 valence electrons. The Balaban J connectivity index is -0.000000382. The first kappa shape index (κ1) is 27.1. The van der Waals surface area contributed by atoms with Crippen LogP contribution in [0.15, 0.2) is 24.3 Å². The largest absolute Gasteiger partial charge is 1.00 e. The van der Waals surface area contributed by atoms with E-state index in [0.717, 1.165) is 6.42 Å². The summed E-state index contributed by atoms with van der Waals surface area (Å²) in [7, 11) is 0. The summed E-state index contributed by atoms with van der Waals surface area (Å²) in [4.78, 5) is 11.4. The molecule has 0 bridgehead atoms. The van der Waals surface area contributed by atoms with Crippen molar-refractivity contribution in [1.29, 1.82) is 0 Å². The summed E-state index contributed by atoms with van der Waals surface area (Å²) < 4.78 is 4.96. The van der Waals surface area contributed by atoms with E-state index in [0.29, 0.717) is 5.56 Å². The maximum Gasteiger partial charge on any atom is 1.00 e. The van der Waals surface area contributed by atoms with Crippen molar-refractivity contribution in [3.05, 3.63) is 63.6 Å². The van der Waals surface area contributed by atoms with Gasteiger partial charge in [-0.05, 0) is 30.2 Å². The molecule has 1 fully saturated rings. The van der Waals surface area contributed by atoms with Crippen molar-refractivity contribution < 1.29 is 28.4 Å². The first-order chi connectivity index (χ1) is 9.63. The molecule has 0 amide bonds. The third-order valence-corrected chi connectivity index (χ3v) is 3.22. The van der Waals surface area contributed by atoms with Crippen molar-refractivity contribution in [3.63, 3.8) is 0 Å². The van der Waals surface area contributed by atoms with Gasteiger partial charge < -0.3 is 32.9 Å². The van der Waals surface area contributed by atoms with Crippen LogP contribution < -0.4 is 18.9 Å². The fourth-order valence-corrected chi connectivity index (χ4v) is 2.03. The maximum atomic E-state index is 11.4. The van der Waals surface area contributed by atoms with Gasteiger partial charge in [-0.1, -0.05) is 45.2 Å². The van der Waals surface area contributed by atoms with Gasteiger partial charge in [-0.15, -0.1) is 0 Å². The van der Waals surface area contributed by atoms with Gasteiger partial charge in [0.1, 0.15) is 0 Å². The summed E-state index contributed by atoms with van der Waals surface area (Å²) >= 11 is 0. The number of ether oxygens (including phenoxy) is 1. The second-order valence-corrected chi connectivity index (χ2v) is 5.19. The van der Waals surface area contributed by atoms with E-state index >= 15 is 0 Å². The fourth-order valence-electron chi connectivity index (χ4n) is 2.03. The van der Waals surface area contributed by atoms with Gasteiger partial charge in [0.05, 0.1) is 5.56 Å². The molecule has 0 saturated heterocycles. The topological polar surface area (TPSA) is 26.3 Å². The first-order valence-electron chi connectivity index (χ1n) is 7.58. The van der Waals surface area contributed by atoms with Crippen molar-refractivity contribution >= 4 is 5.97 Å². The summed E-state index contributed by atoms with van der Waals surface area (Å²) in [5.41, 5.74) is 1.79. The van der Waals surface area contributed by atoms with E-state index in [-0.39, 0.29) is 45.8 Å². The molecule has 2 rings (SSSR count). The van der Waals surface area contributed by atoms with E-state index in [1.807, 2.05) is 12.1 Å². The molecule has 23 heavy (non-hydrogen) atoms. The minimum absolute atomic E-state index is 0. The molecule has 2 nitrogen and oxygen atoms in total. The van der Waals surface area contributed by atoms with Gasteiger partial charge in [0.25, 0.3) is 0 Å². The second-order valence-electron chi connectivity index (χ2n) is 5.19. The second kappa shape index (κ2) is 16.2. The summed E-state index contributed by atoms with van der Waals surface area (Å²) in [6, 6.07) is 7.43. The van der Waals surface area contributed by atoms with Crippen LogP contribution in [0, 0.1) is 28.2 Å². The van der Waals surface area contributed by atoms with Gasteiger partial charge in [-0.3, -0.25) is 0 Å². The molecule has 0 radical (unpaired) electrons. The zero-order valence-corrected chi connectivity index (χ0v) is 15.7. The van der Waals surface area contributed by atoms with Crippen LogP contribution in [0.2, 0.25) is 0 Å². The van der Waals surface area contributed by atoms with Crippen LogP contribution in [0.1, 0.15) is 61.9 Å². The van der Waals surface area contributed by atoms with Crippen LogP contribution in [0.4, 0.5) is 0 Å². The minimum atomic E-state index is -0.312. The van der Waals surface area contributed by atoms with Crippen LogP contribution in [0.3, 0.4) is 0 Å². The number of benzene rings is 1. The molecule has 1 aliphatic carbocycles. The quantitative estimate of drug-likeness (QED) is 0.487. The van der Waals surface area contributed by atoms with Crippen LogP contribution in [-0.4, -0.2) is 12.1 Å². The standard InChI is InChI=1S/C12H15O2.C6H11.2CH3.Li/c1-4-10-5-7-11(8-6-10)12(13)14-9(2)3;1-2-4-6-5-3-1;;;/h5-9H,2,4H2,1,3H3;1H,2-6H2;2*1H3;/q4*-1;+1. The van der Waals surface area contributed by atoms with Crippen molar-refractivity contribution in [2.45, 2.75) is 58.5 Å². The molecule has 0 heterocycles. The monoisotopic (exact) mass is 311 g/mol. The molecule has 0 aliphatic heterocycles. The predicted molar refractivity (Wildman–Crippen MR) is 96.3 cm³/mol. The van der Waals surface area contributed by atoms with E-state index in [9.17, 15) is 4.79 Å². The normalized spacial score (nSPS) is 13.7. The third kappa shape index (κ3) is 12.4. The minimum Gasteiger partial charge on any atom is -0.492 e. The van der Waals surface area contributed by atoms with Crippen molar-refractivity contribution in [2.24, 2.45) is 0 Å². The third-order valence-electron chi connectivity index (χ3n) is 3.22. The van der Waals surface area contributed by atoms with Gasteiger partial charge in [0, 0.05) is 0 Å². The summed E-state index contributed by atoms with van der Waals surface area (Å²) in [6.07, 6.45) is 10.2. The molecule has 1 atom stereocenters. The molecule has 3 heteroatoms. The summed E-state index contributed by atoms with van der Waals surface area (Å²) in [5.74, 6) is -0.310. The fraction of sp³-hybridized carbons (Fsp3) is 0.450. The van der Waals surface area contributed by atoms with E-state index in [2.05, 4.69) is 20.3 Å². The van der Waals surface area contributed by atoms with Gasteiger partial charge in [0.15, 0.2) is 0 Å². The number of aryl methyl sites for hydroxylation is 1. The Kier molecular flexibility index (Phi) is 19.1. The van der Waals surface area contributed by atoms with Crippen LogP contribution in [0.25, 0.3) is 0 Å². The number of rotatable bonds is 3. The number of carbonyl (C=O) groups excluding carboxylic acids is 1. The molecule has 0 aromatic heterocycles. The van der Waals surface area contributed by atoms with E-state index < -0.39 is 0 Å². The van der Waals surface area contributed by atoms with Crippen molar-refractivity contribution in [2.75, 3.05) is 0 Å². The van der Waals surface area contributed by atoms with E-state index in [1.54, 1.807) is 19.1 Å². The predicted octanol–water partition coefficient (Wildman–Crippen LogP) is 2.69. The summed E-state index contributed by atoms with van der Waals surface area (Å²) in [5, 5.41) is 0.